The minimum absolute atomic E-state index is 0.534. The fraction of sp³-hybridized carbons (Fsp3) is 0.400. The molecule has 0 saturated heterocycles. The molecule has 1 unspecified atom stereocenters. The van der Waals surface area contributed by atoms with E-state index in [4.69, 9.17) is 0 Å². The van der Waals surface area contributed by atoms with Gasteiger partial charge in [-0.2, -0.15) is 0 Å². The van der Waals surface area contributed by atoms with Crippen LogP contribution in [0.25, 0.3) is 0 Å². The van der Waals surface area contributed by atoms with Crippen molar-refractivity contribution in [2.45, 2.75) is 12.5 Å². The topological polar surface area (TPSA) is 52.6 Å². The zero-order valence-corrected chi connectivity index (χ0v) is 8.60. The predicted octanol–water partition coefficient (Wildman–Crippen LogP) is 1.61. The maximum absolute atomic E-state index is 11.2. The van der Waals surface area contributed by atoms with Crippen LogP contribution >= 0.6 is 0 Å². The minimum atomic E-state index is -0.672. The average molecular weight is 194 g/mol. The SMILES string of the molecule is CN([O-])C1=CC=CC(C)(N(C)[O-])C=C1. The van der Waals surface area contributed by atoms with Crippen LogP contribution in [0, 0.1) is 10.4 Å². The minimum Gasteiger partial charge on any atom is -0.784 e. The molecule has 0 aromatic heterocycles. The Morgan fingerprint density at radius 1 is 1.21 bits per heavy atom. The van der Waals surface area contributed by atoms with Crippen LogP contribution in [0.1, 0.15) is 6.92 Å². The van der Waals surface area contributed by atoms with Crippen molar-refractivity contribution < 1.29 is 0 Å². The zero-order chi connectivity index (χ0) is 10.8. The van der Waals surface area contributed by atoms with Gasteiger partial charge < -0.3 is 20.5 Å². The van der Waals surface area contributed by atoms with Gasteiger partial charge in [-0.1, -0.05) is 18.2 Å². The Balaban J connectivity index is 2.92. The number of allylic oxidation sites excluding steroid dienone is 3. The van der Waals surface area contributed by atoms with Gasteiger partial charge in [-0.3, -0.25) is 0 Å². The molecule has 0 bridgehead atoms. The molecule has 0 amide bonds. The first kappa shape index (κ1) is 11.0. The molecule has 4 nitrogen and oxygen atoms in total. The lowest BCUT2D eigenvalue weighted by molar-refractivity contribution is 0.323. The van der Waals surface area contributed by atoms with Crippen LogP contribution in [0.5, 0.6) is 0 Å². The van der Waals surface area contributed by atoms with Crippen LogP contribution in [0.4, 0.5) is 0 Å². The van der Waals surface area contributed by atoms with E-state index in [1.807, 2.05) is 0 Å². The van der Waals surface area contributed by atoms with E-state index in [2.05, 4.69) is 0 Å². The molecule has 0 saturated carbocycles. The largest absolute Gasteiger partial charge is 0.784 e. The molecule has 0 fully saturated rings. The standard InChI is InChI=1S/C10H14N2O2/c1-10(12(3)14)7-4-5-9(6-8-10)11(2)13/h4-8H,1-3H3/q-2. The van der Waals surface area contributed by atoms with Crippen molar-refractivity contribution in [3.05, 3.63) is 46.5 Å². The van der Waals surface area contributed by atoms with E-state index in [-0.39, 0.29) is 0 Å². The van der Waals surface area contributed by atoms with E-state index in [0.29, 0.717) is 5.70 Å². The normalized spacial score (nSPS) is 26.3. The van der Waals surface area contributed by atoms with Crippen LogP contribution in [0.15, 0.2) is 36.1 Å². The Hall–Kier alpha value is -1.10. The van der Waals surface area contributed by atoms with E-state index >= 15 is 0 Å². The van der Waals surface area contributed by atoms with E-state index in [9.17, 15) is 10.4 Å². The summed E-state index contributed by atoms with van der Waals surface area (Å²) in [7, 11) is 2.88. The fourth-order valence-corrected chi connectivity index (χ4v) is 1.13. The van der Waals surface area contributed by atoms with E-state index in [1.54, 1.807) is 37.3 Å². The van der Waals surface area contributed by atoms with Crippen LogP contribution in [0.2, 0.25) is 0 Å². The average Bonchev–Trinajstić information content (AvgIpc) is 2.28. The van der Waals surface area contributed by atoms with Crippen molar-refractivity contribution in [1.82, 2.24) is 10.1 Å². The Bertz CT molecular complexity index is 292. The van der Waals surface area contributed by atoms with Crippen LogP contribution < -0.4 is 0 Å². The van der Waals surface area contributed by atoms with Gasteiger partial charge in [-0.15, -0.1) is 0 Å². The summed E-state index contributed by atoms with van der Waals surface area (Å²) < 4.78 is 0. The van der Waals surface area contributed by atoms with Crippen LogP contribution in [0.3, 0.4) is 0 Å². The lowest BCUT2D eigenvalue weighted by Crippen LogP contribution is -2.35. The van der Waals surface area contributed by atoms with Crippen LogP contribution in [-0.4, -0.2) is 29.8 Å². The number of rotatable bonds is 2. The van der Waals surface area contributed by atoms with Gasteiger partial charge >= 0.3 is 0 Å². The van der Waals surface area contributed by atoms with Crippen molar-refractivity contribution in [1.29, 1.82) is 0 Å². The zero-order valence-electron chi connectivity index (χ0n) is 8.60. The van der Waals surface area contributed by atoms with Gasteiger partial charge in [-0.25, -0.2) is 0 Å². The molecule has 4 heteroatoms. The molecule has 0 spiro atoms. The molecule has 1 atom stereocenters. The summed E-state index contributed by atoms with van der Waals surface area (Å²) in [6.45, 7) is 1.79. The summed E-state index contributed by atoms with van der Waals surface area (Å²) >= 11 is 0. The van der Waals surface area contributed by atoms with Gasteiger partial charge in [0, 0.05) is 11.2 Å². The maximum atomic E-state index is 11.2. The Kier molecular flexibility index (Phi) is 3.10. The maximum Gasteiger partial charge on any atom is 0.0437 e. The van der Waals surface area contributed by atoms with Crippen molar-refractivity contribution >= 4 is 0 Å². The fourth-order valence-electron chi connectivity index (χ4n) is 1.13. The van der Waals surface area contributed by atoms with Gasteiger partial charge in [0.2, 0.25) is 0 Å². The third-order valence-corrected chi connectivity index (χ3v) is 2.33. The highest BCUT2D eigenvalue weighted by Crippen LogP contribution is 2.20. The van der Waals surface area contributed by atoms with Crippen molar-refractivity contribution in [3.8, 4) is 0 Å². The van der Waals surface area contributed by atoms with Gasteiger partial charge in [0.05, 0.1) is 0 Å². The van der Waals surface area contributed by atoms with Gasteiger partial charge in [0.25, 0.3) is 0 Å². The summed E-state index contributed by atoms with van der Waals surface area (Å²) in [6, 6.07) is 0. The summed E-state index contributed by atoms with van der Waals surface area (Å²) in [4.78, 5) is 0. The first-order chi connectivity index (χ1) is 6.46. The summed E-state index contributed by atoms with van der Waals surface area (Å²) in [6.07, 6.45) is 8.52. The summed E-state index contributed by atoms with van der Waals surface area (Å²) in [5, 5.41) is 23.9. The van der Waals surface area contributed by atoms with Crippen molar-refractivity contribution in [3.63, 3.8) is 0 Å². The first-order valence-corrected chi connectivity index (χ1v) is 4.36. The van der Waals surface area contributed by atoms with Crippen molar-refractivity contribution in [2.75, 3.05) is 14.1 Å². The number of hydrogen-bond acceptors (Lipinski definition) is 4. The molecule has 1 aliphatic carbocycles. The number of hydrogen-bond donors (Lipinski definition) is 0. The van der Waals surface area contributed by atoms with E-state index in [0.717, 1.165) is 10.1 Å². The number of hydroxylamine groups is 4. The third kappa shape index (κ3) is 2.23. The third-order valence-electron chi connectivity index (χ3n) is 2.33. The molecule has 0 N–H and O–H groups in total. The monoisotopic (exact) mass is 194 g/mol. The Labute approximate surface area is 84.0 Å². The molecule has 0 heterocycles. The predicted molar refractivity (Wildman–Crippen MR) is 57.0 cm³/mol. The Morgan fingerprint density at radius 2 is 1.86 bits per heavy atom. The molecule has 78 valence electrons. The highest BCUT2D eigenvalue weighted by Gasteiger charge is 2.17. The summed E-state index contributed by atoms with van der Waals surface area (Å²) in [5.41, 5.74) is -0.138. The van der Waals surface area contributed by atoms with Gasteiger partial charge in [0.15, 0.2) is 0 Å². The highest BCUT2D eigenvalue weighted by atomic mass is 16.5. The molecular formula is C10H14N2O2-2. The lowest BCUT2D eigenvalue weighted by Gasteiger charge is -2.39. The number of likely N-dealkylation sites (N-methyl/N-ethyl adjacent to an activating group) is 2. The second kappa shape index (κ2) is 3.96. The molecule has 1 rings (SSSR count). The molecule has 0 aromatic rings. The lowest BCUT2D eigenvalue weighted by atomic mass is 10.0. The van der Waals surface area contributed by atoms with Crippen LogP contribution in [-0.2, 0) is 0 Å². The Morgan fingerprint density at radius 3 is 2.36 bits per heavy atom. The number of nitrogens with zero attached hydrogens (tertiary/aromatic N) is 2. The molecule has 1 aliphatic rings. The molecule has 0 aromatic carbocycles. The smallest absolute Gasteiger partial charge is 0.0437 e. The van der Waals surface area contributed by atoms with Gasteiger partial charge in [-0.05, 0) is 33.2 Å². The van der Waals surface area contributed by atoms with E-state index in [1.165, 1.54) is 14.1 Å². The van der Waals surface area contributed by atoms with Crippen molar-refractivity contribution in [2.24, 2.45) is 0 Å². The van der Waals surface area contributed by atoms with E-state index < -0.39 is 5.54 Å². The highest BCUT2D eigenvalue weighted by molar-refractivity contribution is 5.33. The second-order valence-corrected chi connectivity index (χ2v) is 3.50. The molecule has 14 heavy (non-hydrogen) atoms. The molecule has 0 radical (unpaired) electrons. The summed E-state index contributed by atoms with van der Waals surface area (Å²) in [5.74, 6) is 0. The molecule has 0 aliphatic heterocycles. The van der Waals surface area contributed by atoms with Gasteiger partial charge in [0.1, 0.15) is 0 Å². The molecular weight excluding hydrogens is 180 g/mol. The second-order valence-electron chi connectivity index (χ2n) is 3.50. The first-order valence-electron chi connectivity index (χ1n) is 4.36. The quantitative estimate of drug-likeness (QED) is 0.627.